The summed E-state index contributed by atoms with van der Waals surface area (Å²) >= 11 is 5.26. The van der Waals surface area contributed by atoms with E-state index in [1.807, 2.05) is 23.6 Å². The number of aromatic amines is 1. The molecule has 2 aromatic rings. The minimum absolute atomic E-state index is 0.0221. The third-order valence-corrected chi connectivity index (χ3v) is 3.09. The lowest BCUT2D eigenvalue weighted by molar-refractivity contribution is -0.120. The van der Waals surface area contributed by atoms with Gasteiger partial charge >= 0.3 is 0 Å². The Hall–Kier alpha value is -1.62. The second kappa shape index (κ2) is 4.71. The number of carbonyl (C=O) groups excluding carboxylic acids is 1. The molecule has 90 valence electrons. The Morgan fingerprint density at radius 1 is 1.53 bits per heavy atom. The third-order valence-electron chi connectivity index (χ3n) is 2.77. The predicted molar refractivity (Wildman–Crippen MR) is 70.5 cm³/mol. The topological polar surface area (TPSA) is 49.8 Å². The Morgan fingerprint density at radius 2 is 2.29 bits per heavy atom. The van der Waals surface area contributed by atoms with Crippen molar-refractivity contribution in [3.05, 3.63) is 28.5 Å². The van der Waals surface area contributed by atoms with Crippen molar-refractivity contribution < 1.29 is 4.79 Å². The lowest BCUT2D eigenvalue weighted by atomic mass is 10.2. The van der Waals surface area contributed by atoms with E-state index in [2.05, 4.69) is 16.4 Å². The average molecular weight is 249 g/mol. The van der Waals surface area contributed by atoms with Crippen LogP contribution in [0.1, 0.15) is 12.0 Å². The number of H-pyrrole nitrogens is 1. The number of amides is 1. The highest BCUT2D eigenvalue weighted by Crippen LogP contribution is 2.16. The van der Waals surface area contributed by atoms with Crippen molar-refractivity contribution in [1.82, 2.24) is 14.9 Å². The summed E-state index contributed by atoms with van der Waals surface area (Å²) in [5.41, 5.74) is 3.25. The fourth-order valence-electron chi connectivity index (χ4n) is 1.82. The number of rotatable bonds is 3. The first-order chi connectivity index (χ1) is 8.11. The molecule has 1 aromatic carbocycles. The van der Waals surface area contributed by atoms with Gasteiger partial charge in [0.05, 0.1) is 11.0 Å². The number of benzene rings is 1. The summed E-state index contributed by atoms with van der Waals surface area (Å²) in [5, 5.41) is 2.61. The molecule has 0 unspecified atom stereocenters. The van der Waals surface area contributed by atoms with Crippen molar-refractivity contribution >= 4 is 29.2 Å². The van der Waals surface area contributed by atoms with Gasteiger partial charge in [-0.3, -0.25) is 4.79 Å². The molecule has 0 aliphatic carbocycles. The van der Waals surface area contributed by atoms with E-state index in [0.717, 1.165) is 11.0 Å². The molecule has 0 aliphatic heterocycles. The summed E-state index contributed by atoms with van der Waals surface area (Å²) in [6, 6.07) is 6.12. The molecule has 0 fully saturated rings. The summed E-state index contributed by atoms with van der Waals surface area (Å²) in [6.07, 6.45) is 0.436. The first kappa shape index (κ1) is 11.9. The molecule has 2 N–H and O–H groups in total. The van der Waals surface area contributed by atoms with Crippen LogP contribution < -0.4 is 5.32 Å². The minimum Gasteiger partial charge on any atom is -0.359 e. The molecule has 0 bridgehead atoms. The number of imidazole rings is 1. The number of hydrogen-bond donors (Lipinski definition) is 2. The van der Waals surface area contributed by atoms with Crippen LogP contribution in [-0.4, -0.2) is 22.5 Å². The van der Waals surface area contributed by atoms with Crippen LogP contribution in [0, 0.1) is 11.7 Å². The maximum atomic E-state index is 11.3. The smallest absolute Gasteiger partial charge is 0.221 e. The van der Waals surface area contributed by atoms with Crippen molar-refractivity contribution in [3.63, 3.8) is 0 Å². The summed E-state index contributed by atoms with van der Waals surface area (Å²) in [6.45, 7) is 2.64. The summed E-state index contributed by atoms with van der Waals surface area (Å²) < 4.78 is 2.63. The Balaban J connectivity index is 2.38. The van der Waals surface area contributed by atoms with Crippen LogP contribution in [0.25, 0.3) is 11.0 Å². The molecule has 0 saturated carbocycles. The number of nitrogens with one attached hydrogen (secondary N) is 2. The van der Waals surface area contributed by atoms with Crippen molar-refractivity contribution in [1.29, 1.82) is 0 Å². The summed E-state index contributed by atoms with van der Waals surface area (Å²) in [7, 11) is 1.64. The van der Waals surface area contributed by atoms with Crippen molar-refractivity contribution in [2.45, 2.75) is 19.9 Å². The van der Waals surface area contributed by atoms with E-state index in [9.17, 15) is 4.79 Å². The highest BCUT2D eigenvalue weighted by Gasteiger charge is 2.06. The van der Waals surface area contributed by atoms with Gasteiger partial charge in [-0.25, -0.2) is 0 Å². The van der Waals surface area contributed by atoms with E-state index in [0.29, 0.717) is 17.7 Å². The van der Waals surface area contributed by atoms with Crippen LogP contribution in [0.2, 0.25) is 0 Å². The molecule has 0 radical (unpaired) electrons. The molecule has 17 heavy (non-hydrogen) atoms. The van der Waals surface area contributed by atoms with E-state index >= 15 is 0 Å². The maximum Gasteiger partial charge on any atom is 0.221 e. The third kappa shape index (κ3) is 2.39. The highest BCUT2D eigenvalue weighted by atomic mass is 32.1. The quantitative estimate of drug-likeness (QED) is 0.819. The highest BCUT2D eigenvalue weighted by molar-refractivity contribution is 7.71. The van der Waals surface area contributed by atoms with E-state index in [-0.39, 0.29) is 5.91 Å². The zero-order valence-electron chi connectivity index (χ0n) is 9.91. The zero-order valence-corrected chi connectivity index (χ0v) is 10.7. The molecule has 0 saturated heterocycles. The van der Waals surface area contributed by atoms with E-state index < -0.39 is 0 Å². The molecule has 4 nitrogen and oxygen atoms in total. The Morgan fingerprint density at radius 3 is 3.00 bits per heavy atom. The number of carbonyl (C=O) groups is 1. The first-order valence-corrected chi connectivity index (χ1v) is 5.92. The van der Waals surface area contributed by atoms with Gasteiger partial charge in [-0.2, -0.15) is 0 Å². The molecule has 0 spiro atoms. The van der Waals surface area contributed by atoms with E-state index in [1.54, 1.807) is 7.05 Å². The van der Waals surface area contributed by atoms with Crippen molar-refractivity contribution in [2.24, 2.45) is 0 Å². The normalized spacial score (nSPS) is 10.7. The average Bonchev–Trinajstić information content (AvgIpc) is 2.61. The summed E-state index contributed by atoms with van der Waals surface area (Å²) in [4.78, 5) is 14.4. The number of aromatic nitrogens is 2. The van der Waals surface area contributed by atoms with Crippen molar-refractivity contribution in [3.8, 4) is 0 Å². The van der Waals surface area contributed by atoms with Crippen LogP contribution in [-0.2, 0) is 11.3 Å². The SMILES string of the molecule is CNC(=O)CCn1c(=S)[nH]c2ccc(C)cc21. The molecular formula is C12H15N3OS. The number of nitrogens with zero attached hydrogens (tertiary/aromatic N) is 1. The van der Waals surface area contributed by atoms with Gasteiger partial charge in [0.1, 0.15) is 0 Å². The molecule has 0 atom stereocenters. The fraction of sp³-hybridized carbons (Fsp3) is 0.333. The van der Waals surface area contributed by atoms with Gasteiger partial charge in [0, 0.05) is 20.0 Å². The maximum absolute atomic E-state index is 11.3. The lowest BCUT2D eigenvalue weighted by Crippen LogP contribution is -2.19. The molecule has 5 heteroatoms. The first-order valence-electron chi connectivity index (χ1n) is 5.51. The zero-order chi connectivity index (χ0) is 12.4. The van der Waals surface area contributed by atoms with Crippen LogP contribution in [0.4, 0.5) is 0 Å². The van der Waals surface area contributed by atoms with Gasteiger partial charge in [-0.15, -0.1) is 0 Å². The standard InChI is InChI=1S/C12H15N3OS/c1-8-3-4-9-10(7-8)15(12(17)14-9)6-5-11(16)13-2/h3-4,7H,5-6H2,1-2H3,(H,13,16)(H,14,17). The molecular weight excluding hydrogens is 234 g/mol. The van der Waals surface area contributed by atoms with Crippen LogP contribution in [0.3, 0.4) is 0 Å². The van der Waals surface area contributed by atoms with Gasteiger partial charge in [0.2, 0.25) is 5.91 Å². The molecule has 1 heterocycles. The predicted octanol–water partition coefficient (Wildman–Crippen LogP) is 2.14. The van der Waals surface area contributed by atoms with Crippen LogP contribution in [0.5, 0.6) is 0 Å². The van der Waals surface area contributed by atoms with Crippen LogP contribution in [0.15, 0.2) is 18.2 Å². The lowest BCUT2D eigenvalue weighted by Gasteiger charge is -2.04. The summed E-state index contributed by atoms with van der Waals surface area (Å²) in [5.74, 6) is 0.0221. The molecule has 0 aliphatic rings. The largest absolute Gasteiger partial charge is 0.359 e. The minimum atomic E-state index is 0.0221. The monoisotopic (exact) mass is 249 g/mol. The molecule has 1 amide bonds. The second-order valence-corrected chi connectivity index (χ2v) is 4.41. The second-order valence-electron chi connectivity index (χ2n) is 4.03. The van der Waals surface area contributed by atoms with E-state index in [4.69, 9.17) is 12.2 Å². The number of fused-ring (bicyclic) bond motifs is 1. The Labute approximate surface area is 105 Å². The van der Waals surface area contributed by atoms with Crippen LogP contribution >= 0.6 is 12.2 Å². The fourth-order valence-corrected chi connectivity index (χ4v) is 2.12. The molecule has 2 rings (SSSR count). The van der Waals surface area contributed by atoms with Gasteiger partial charge in [0.25, 0.3) is 0 Å². The van der Waals surface area contributed by atoms with Gasteiger partial charge in [-0.1, -0.05) is 6.07 Å². The van der Waals surface area contributed by atoms with Gasteiger partial charge in [-0.05, 0) is 36.8 Å². The number of hydrogen-bond acceptors (Lipinski definition) is 2. The Bertz CT molecular complexity index is 612. The molecule has 1 aromatic heterocycles. The van der Waals surface area contributed by atoms with E-state index in [1.165, 1.54) is 5.56 Å². The van der Waals surface area contributed by atoms with Gasteiger partial charge < -0.3 is 14.9 Å². The Kier molecular flexibility index (Phi) is 3.28. The number of aryl methyl sites for hydroxylation is 2. The van der Waals surface area contributed by atoms with Crippen molar-refractivity contribution in [2.75, 3.05) is 7.05 Å². The van der Waals surface area contributed by atoms with Gasteiger partial charge in [0.15, 0.2) is 4.77 Å².